The second-order valence-electron chi connectivity index (χ2n) is 4.56. The van der Waals surface area contributed by atoms with Gasteiger partial charge in [0, 0.05) is 5.69 Å². The number of nitriles is 1. The maximum Gasteiger partial charge on any atom is 0.320 e. The van der Waals surface area contributed by atoms with Gasteiger partial charge in [-0.05, 0) is 31.7 Å². The van der Waals surface area contributed by atoms with Gasteiger partial charge in [-0.15, -0.1) is 0 Å². The summed E-state index contributed by atoms with van der Waals surface area (Å²) in [4.78, 5) is 24.7. The van der Waals surface area contributed by atoms with Gasteiger partial charge in [0.15, 0.2) is 0 Å². The highest BCUT2D eigenvalue weighted by molar-refractivity contribution is 5.92. The smallest absolute Gasteiger partial charge is 0.320 e. The number of likely N-dealkylation sites (N-methyl/N-ethyl adjacent to an activating group) is 1. The van der Waals surface area contributed by atoms with Crippen LogP contribution in [0.5, 0.6) is 0 Å². The summed E-state index contributed by atoms with van der Waals surface area (Å²) in [6.45, 7) is 2.23. The van der Waals surface area contributed by atoms with E-state index in [9.17, 15) is 9.59 Å². The Hall–Kier alpha value is -2.39. The number of anilines is 1. The van der Waals surface area contributed by atoms with E-state index >= 15 is 0 Å². The fourth-order valence-corrected chi connectivity index (χ4v) is 1.73. The van der Waals surface area contributed by atoms with Gasteiger partial charge in [-0.3, -0.25) is 14.5 Å². The van der Waals surface area contributed by atoms with Gasteiger partial charge in [-0.1, -0.05) is 12.1 Å². The van der Waals surface area contributed by atoms with E-state index < -0.39 is 0 Å². The van der Waals surface area contributed by atoms with Gasteiger partial charge in [0.1, 0.15) is 0 Å². The van der Waals surface area contributed by atoms with E-state index in [-0.39, 0.29) is 25.0 Å². The second kappa shape index (κ2) is 8.72. The summed E-state index contributed by atoms with van der Waals surface area (Å²) in [5.41, 5.74) is 1.56. The molecule has 0 saturated heterocycles. The highest BCUT2D eigenvalue weighted by atomic mass is 16.5. The van der Waals surface area contributed by atoms with Gasteiger partial charge in [-0.2, -0.15) is 5.26 Å². The van der Waals surface area contributed by atoms with E-state index in [2.05, 4.69) is 11.4 Å². The van der Waals surface area contributed by atoms with Crippen LogP contribution in [0.15, 0.2) is 24.3 Å². The van der Waals surface area contributed by atoms with E-state index in [0.29, 0.717) is 18.7 Å². The minimum atomic E-state index is -0.353. The molecule has 0 fully saturated rings. The minimum Gasteiger partial charge on any atom is -0.465 e. The number of nitrogens with one attached hydrogen (secondary N) is 1. The maximum absolute atomic E-state index is 11.8. The third-order valence-corrected chi connectivity index (χ3v) is 2.64. The molecule has 1 aromatic rings. The van der Waals surface area contributed by atoms with Crippen molar-refractivity contribution in [2.24, 2.45) is 0 Å². The largest absolute Gasteiger partial charge is 0.465 e. The molecule has 0 unspecified atom stereocenters. The van der Waals surface area contributed by atoms with Crippen LogP contribution in [0.25, 0.3) is 0 Å². The van der Waals surface area contributed by atoms with Crippen LogP contribution < -0.4 is 5.32 Å². The number of carbonyl (C=O) groups excluding carboxylic acids is 2. The molecule has 0 saturated carbocycles. The van der Waals surface area contributed by atoms with Gasteiger partial charge in [0.25, 0.3) is 0 Å². The Balaban J connectivity index is 2.42. The van der Waals surface area contributed by atoms with Crippen molar-refractivity contribution in [3.8, 4) is 6.07 Å². The number of hydrogen-bond donors (Lipinski definition) is 1. The Morgan fingerprint density at radius 1 is 1.29 bits per heavy atom. The van der Waals surface area contributed by atoms with E-state index in [1.54, 1.807) is 43.1 Å². The molecule has 0 aliphatic carbocycles. The summed E-state index contributed by atoms with van der Waals surface area (Å²) in [5, 5.41) is 11.3. The van der Waals surface area contributed by atoms with Crippen LogP contribution in [-0.2, 0) is 20.7 Å². The SMILES string of the molecule is CCOC(=O)CN(C)CC(=O)Nc1ccc(CC#N)cc1. The molecular weight excluding hydrogens is 270 g/mol. The molecule has 1 rings (SSSR count). The van der Waals surface area contributed by atoms with Gasteiger partial charge in [-0.25, -0.2) is 0 Å². The van der Waals surface area contributed by atoms with Crippen LogP contribution >= 0.6 is 0 Å². The Labute approximate surface area is 124 Å². The molecule has 0 aliphatic rings. The number of esters is 1. The molecule has 6 heteroatoms. The molecule has 112 valence electrons. The summed E-state index contributed by atoms with van der Waals surface area (Å²) in [5.74, 6) is -0.566. The summed E-state index contributed by atoms with van der Waals surface area (Å²) in [6.07, 6.45) is 0.344. The quantitative estimate of drug-likeness (QED) is 0.762. The average Bonchev–Trinajstić information content (AvgIpc) is 2.41. The van der Waals surface area contributed by atoms with Crippen molar-refractivity contribution in [3.05, 3.63) is 29.8 Å². The van der Waals surface area contributed by atoms with Crippen LogP contribution in [0.1, 0.15) is 12.5 Å². The Kier molecular flexibility index (Phi) is 6.92. The fourth-order valence-electron chi connectivity index (χ4n) is 1.73. The van der Waals surface area contributed by atoms with Crippen LogP contribution in [0, 0.1) is 11.3 Å². The predicted molar refractivity (Wildman–Crippen MR) is 78.5 cm³/mol. The molecular formula is C15H19N3O3. The number of ether oxygens (including phenoxy) is 1. The zero-order chi connectivity index (χ0) is 15.7. The number of hydrogen-bond acceptors (Lipinski definition) is 5. The topological polar surface area (TPSA) is 82.4 Å². The molecule has 0 radical (unpaired) electrons. The lowest BCUT2D eigenvalue weighted by atomic mass is 10.1. The molecule has 21 heavy (non-hydrogen) atoms. The zero-order valence-corrected chi connectivity index (χ0v) is 12.3. The second-order valence-corrected chi connectivity index (χ2v) is 4.56. The molecule has 6 nitrogen and oxygen atoms in total. The summed E-state index contributed by atoms with van der Waals surface area (Å²) >= 11 is 0. The highest BCUT2D eigenvalue weighted by Gasteiger charge is 2.11. The van der Waals surface area contributed by atoms with Crippen molar-refractivity contribution in [2.45, 2.75) is 13.3 Å². The normalized spacial score (nSPS) is 10.0. The van der Waals surface area contributed by atoms with Gasteiger partial charge in [0.05, 0.1) is 32.2 Å². The minimum absolute atomic E-state index is 0.0718. The van der Waals surface area contributed by atoms with Crippen molar-refractivity contribution in [1.82, 2.24) is 4.90 Å². The monoisotopic (exact) mass is 289 g/mol. The molecule has 0 aromatic heterocycles. The molecule has 0 spiro atoms. The Bertz CT molecular complexity index is 520. The van der Waals surface area contributed by atoms with E-state index in [4.69, 9.17) is 10.00 Å². The van der Waals surface area contributed by atoms with Crippen molar-refractivity contribution >= 4 is 17.6 Å². The van der Waals surface area contributed by atoms with Gasteiger partial charge < -0.3 is 10.1 Å². The van der Waals surface area contributed by atoms with Gasteiger partial charge in [0.2, 0.25) is 5.91 Å². The van der Waals surface area contributed by atoms with Crippen LogP contribution in [0.2, 0.25) is 0 Å². The van der Waals surface area contributed by atoms with Crippen molar-refractivity contribution < 1.29 is 14.3 Å². The van der Waals surface area contributed by atoms with Gasteiger partial charge >= 0.3 is 5.97 Å². The lowest BCUT2D eigenvalue weighted by molar-refractivity contribution is -0.144. The van der Waals surface area contributed by atoms with E-state index in [1.165, 1.54) is 0 Å². The summed E-state index contributed by atoms with van der Waals surface area (Å²) < 4.78 is 4.81. The number of rotatable bonds is 7. The van der Waals surface area contributed by atoms with Crippen molar-refractivity contribution in [1.29, 1.82) is 5.26 Å². The number of benzene rings is 1. The average molecular weight is 289 g/mol. The summed E-state index contributed by atoms with van der Waals surface area (Å²) in [7, 11) is 1.67. The van der Waals surface area contributed by atoms with Crippen molar-refractivity contribution in [3.63, 3.8) is 0 Å². The predicted octanol–water partition coefficient (Wildman–Crippen LogP) is 1.19. The third kappa shape index (κ3) is 6.54. The molecule has 0 atom stereocenters. The lowest BCUT2D eigenvalue weighted by Gasteiger charge is -2.15. The van der Waals surface area contributed by atoms with E-state index in [0.717, 1.165) is 5.56 Å². The standard InChI is InChI=1S/C15H19N3O3/c1-3-21-15(20)11-18(2)10-14(19)17-13-6-4-12(5-7-13)8-9-16/h4-7H,3,8,10-11H2,1-2H3,(H,17,19). The summed E-state index contributed by atoms with van der Waals surface area (Å²) in [6, 6.07) is 9.14. The molecule has 1 amide bonds. The number of carbonyl (C=O) groups is 2. The molecule has 0 heterocycles. The highest BCUT2D eigenvalue weighted by Crippen LogP contribution is 2.09. The van der Waals surface area contributed by atoms with E-state index in [1.807, 2.05) is 0 Å². The molecule has 1 aromatic carbocycles. The van der Waals surface area contributed by atoms with Crippen LogP contribution in [0.3, 0.4) is 0 Å². The Morgan fingerprint density at radius 2 is 1.95 bits per heavy atom. The third-order valence-electron chi connectivity index (χ3n) is 2.64. The van der Waals surface area contributed by atoms with Crippen LogP contribution in [0.4, 0.5) is 5.69 Å². The molecule has 0 aliphatic heterocycles. The maximum atomic E-state index is 11.8. The Morgan fingerprint density at radius 3 is 2.52 bits per heavy atom. The molecule has 0 bridgehead atoms. The first-order valence-corrected chi connectivity index (χ1v) is 6.65. The first-order valence-electron chi connectivity index (χ1n) is 6.65. The first-order chi connectivity index (χ1) is 10.0. The van der Waals surface area contributed by atoms with Crippen molar-refractivity contribution in [2.75, 3.05) is 32.1 Å². The lowest BCUT2D eigenvalue weighted by Crippen LogP contribution is -2.34. The zero-order valence-electron chi connectivity index (χ0n) is 12.3. The van der Waals surface area contributed by atoms with Crippen LogP contribution in [-0.4, -0.2) is 43.5 Å². The number of nitrogens with zero attached hydrogens (tertiary/aromatic N) is 2. The fraction of sp³-hybridized carbons (Fsp3) is 0.400. The number of amides is 1. The molecule has 1 N–H and O–H groups in total. The first kappa shape index (κ1) is 16.7.